The Balaban J connectivity index is 1.90. The third-order valence-electron chi connectivity index (χ3n) is 5.50. The number of aryl methyl sites for hydroxylation is 1. The first-order valence-corrected chi connectivity index (χ1v) is 11.8. The van der Waals surface area contributed by atoms with Gasteiger partial charge in [-0.3, -0.25) is 0 Å². The first-order valence-electron chi connectivity index (χ1n) is 9.56. The molecule has 3 heterocycles. The van der Waals surface area contributed by atoms with Crippen molar-refractivity contribution in [3.05, 3.63) is 40.1 Å². The molecule has 0 aliphatic carbocycles. The summed E-state index contributed by atoms with van der Waals surface area (Å²) in [5.41, 5.74) is 7.81. The van der Waals surface area contributed by atoms with E-state index in [1.807, 2.05) is 6.92 Å². The first kappa shape index (κ1) is 21.7. The van der Waals surface area contributed by atoms with Crippen LogP contribution in [0.3, 0.4) is 0 Å². The summed E-state index contributed by atoms with van der Waals surface area (Å²) in [4.78, 5) is 8.33. The number of aromatic nitrogens is 4. The molecule has 166 valence electrons. The van der Waals surface area contributed by atoms with Crippen LogP contribution in [-0.4, -0.2) is 51.4 Å². The van der Waals surface area contributed by atoms with Gasteiger partial charge < -0.3 is 10.5 Å². The second-order valence-electron chi connectivity index (χ2n) is 7.70. The fourth-order valence-electron chi connectivity index (χ4n) is 3.92. The van der Waals surface area contributed by atoms with Crippen LogP contribution in [0.1, 0.15) is 36.7 Å². The second-order valence-corrected chi connectivity index (χ2v) is 10.0. The van der Waals surface area contributed by atoms with Crippen LogP contribution >= 0.6 is 11.6 Å². The maximum atomic E-state index is 15.0. The monoisotopic (exact) mass is 468 g/mol. The average molecular weight is 469 g/mol. The average Bonchev–Trinajstić information content (AvgIpc) is 2.92. The van der Waals surface area contributed by atoms with Gasteiger partial charge in [0, 0.05) is 17.7 Å². The number of fused-ring (bicyclic) bond motifs is 2. The van der Waals surface area contributed by atoms with E-state index in [1.165, 1.54) is 16.7 Å². The van der Waals surface area contributed by atoms with Crippen LogP contribution in [0.25, 0.3) is 11.0 Å². The number of hydrogen-bond acceptors (Lipinski definition) is 7. The van der Waals surface area contributed by atoms with Crippen LogP contribution in [0.2, 0.25) is 5.02 Å². The molecular formula is C19H22ClFN6O3S. The highest BCUT2D eigenvalue weighted by molar-refractivity contribution is 7.88. The highest BCUT2D eigenvalue weighted by Crippen LogP contribution is 2.40. The van der Waals surface area contributed by atoms with E-state index in [9.17, 15) is 8.42 Å². The molecule has 2 atom stereocenters. The van der Waals surface area contributed by atoms with E-state index < -0.39 is 27.9 Å². The van der Waals surface area contributed by atoms with Crippen molar-refractivity contribution in [2.24, 2.45) is 0 Å². The van der Waals surface area contributed by atoms with Crippen molar-refractivity contribution in [3.63, 3.8) is 0 Å². The standard InChI is InChI=1S/C19H22ClFN6O3S/c1-9-7-30-17-12(5-14(20)16(21)13(17)6-26(9)31(4,28)29)11(3)27-19-15(10(2)25-27)18(22)23-8-24-19/h5,8-9,11H,6-7H2,1-4H3,(H2,22,23,24). The minimum absolute atomic E-state index is 0.0643. The van der Waals surface area contributed by atoms with E-state index >= 15 is 4.39 Å². The topological polar surface area (TPSA) is 116 Å². The Morgan fingerprint density at radius 1 is 1.39 bits per heavy atom. The zero-order valence-electron chi connectivity index (χ0n) is 17.4. The fourth-order valence-corrected chi connectivity index (χ4v) is 5.23. The van der Waals surface area contributed by atoms with E-state index in [2.05, 4.69) is 15.1 Å². The minimum atomic E-state index is -3.59. The molecule has 0 saturated carbocycles. The molecule has 2 aromatic heterocycles. The summed E-state index contributed by atoms with van der Waals surface area (Å²) in [5.74, 6) is -0.134. The molecule has 2 unspecified atom stereocenters. The van der Waals surface area contributed by atoms with Gasteiger partial charge in [-0.1, -0.05) is 11.6 Å². The van der Waals surface area contributed by atoms with Gasteiger partial charge in [-0.15, -0.1) is 0 Å². The molecule has 3 aromatic rings. The number of anilines is 1. The van der Waals surface area contributed by atoms with Gasteiger partial charge in [0.2, 0.25) is 10.0 Å². The van der Waals surface area contributed by atoms with E-state index in [4.69, 9.17) is 22.1 Å². The molecule has 4 rings (SSSR count). The van der Waals surface area contributed by atoms with Crippen molar-refractivity contribution in [1.29, 1.82) is 0 Å². The lowest BCUT2D eigenvalue weighted by Gasteiger charge is -2.23. The molecule has 9 nitrogen and oxygen atoms in total. The summed E-state index contributed by atoms with van der Waals surface area (Å²) in [6, 6.07) is 0.538. The molecule has 1 aliphatic rings. The third kappa shape index (κ3) is 3.60. The van der Waals surface area contributed by atoms with Gasteiger partial charge in [0.05, 0.1) is 34.4 Å². The summed E-state index contributed by atoms with van der Waals surface area (Å²) in [7, 11) is -3.59. The van der Waals surface area contributed by atoms with Crippen molar-refractivity contribution < 1.29 is 17.5 Å². The zero-order valence-corrected chi connectivity index (χ0v) is 19.0. The summed E-state index contributed by atoms with van der Waals surface area (Å²) in [6.45, 7) is 5.23. The first-order chi connectivity index (χ1) is 14.5. The van der Waals surface area contributed by atoms with Gasteiger partial charge in [0.15, 0.2) is 5.65 Å². The predicted molar refractivity (Wildman–Crippen MR) is 115 cm³/mol. The van der Waals surface area contributed by atoms with Crippen LogP contribution in [0.15, 0.2) is 12.4 Å². The number of rotatable bonds is 3. The Hall–Kier alpha value is -2.50. The molecule has 0 radical (unpaired) electrons. The molecule has 12 heteroatoms. The minimum Gasteiger partial charge on any atom is -0.491 e. The predicted octanol–water partition coefficient (Wildman–Crippen LogP) is 2.66. The molecule has 0 spiro atoms. The quantitative estimate of drug-likeness (QED) is 0.628. The normalized spacial score (nSPS) is 18.5. The number of benzene rings is 1. The molecule has 1 aliphatic heterocycles. The largest absolute Gasteiger partial charge is 0.491 e. The Kier molecular flexibility index (Phi) is 5.31. The van der Waals surface area contributed by atoms with Gasteiger partial charge in [-0.05, 0) is 26.8 Å². The van der Waals surface area contributed by atoms with Crippen LogP contribution < -0.4 is 10.5 Å². The highest BCUT2D eigenvalue weighted by Gasteiger charge is 2.33. The Morgan fingerprint density at radius 3 is 2.77 bits per heavy atom. The SMILES string of the molecule is Cc1nn(C(C)c2cc(Cl)c(F)c3c2OCC(C)N(S(C)(=O)=O)C3)c2ncnc(N)c12. The number of sulfonamides is 1. The molecule has 0 saturated heterocycles. The van der Waals surface area contributed by atoms with Crippen molar-refractivity contribution in [2.45, 2.75) is 39.4 Å². The summed E-state index contributed by atoms with van der Waals surface area (Å²) < 4.78 is 48.3. The van der Waals surface area contributed by atoms with Gasteiger partial charge in [0.25, 0.3) is 0 Å². The number of nitrogens with two attached hydrogens (primary N) is 1. The lowest BCUT2D eigenvalue weighted by atomic mass is 10.0. The number of ether oxygens (including phenoxy) is 1. The van der Waals surface area contributed by atoms with Crippen LogP contribution in [-0.2, 0) is 16.6 Å². The molecule has 2 N–H and O–H groups in total. The van der Waals surface area contributed by atoms with Crippen molar-refractivity contribution >= 4 is 38.5 Å². The summed E-state index contributed by atoms with van der Waals surface area (Å²) in [5, 5.41) is 5.06. The van der Waals surface area contributed by atoms with Gasteiger partial charge >= 0.3 is 0 Å². The molecule has 31 heavy (non-hydrogen) atoms. The Morgan fingerprint density at radius 2 is 2.10 bits per heavy atom. The maximum Gasteiger partial charge on any atom is 0.211 e. The van der Waals surface area contributed by atoms with Crippen LogP contribution in [0.4, 0.5) is 10.2 Å². The number of nitrogen functional groups attached to an aromatic ring is 1. The molecule has 1 aromatic carbocycles. The van der Waals surface area contributed by atoms with Crippen LogP contribution in [0, 0.1) is 12.7 Å². The zero-order chi connectivity index (χ0) is 22.7. The Labute approximate surface area is 184 Å². The molecule has 0 fully saturated rings. The van der Waals surface area contributed by atoms with E-state index in [-0.39, 0.29) is 29.5 Å². The van der Waals surface area contributed by atoms with E-state index in [0.29, 0.717) is 28.1 Å². The lowest BCUT2D eigenvalue weighted by Crippen LogP contribution is -2.39. The van der Waals surface area contributed by atoms with Gasteiger partial charge in [-0.25, -0.2) is 27.5 Å². The van der Waals surface area contributed by atoms with Crippen molar-refractivity contribution in [3.8, 4) is 5.75 Å². The van der Waals surface area contributed by atoms with Crippen molar-refractivity contribution in [2.75, 3.05) is 18.6 Å². The second kappa shape index (κ2) is 7.57. The van der Waals surface area contributed by atoms with Crippen molar-refractivity contribution in [1.82, 2.24) is 24.1 Å². The van der Waals surface area contributed by atoms with Gasteiger partial charge in [0.1, 0.15) is 30.3 Å². The number of halogens is 2. The number of hydrogen-bond donors (Lipinski definition) is 1. The lowest BCUT2D eigenvalue weighted by molar-refractivity contribution is 0.232. The number of nitrogens with zero attached hydrogens (tertiary/aromatic N) is 5. The van der Waals surface area contributed by atoms with Crippen LogP contribution in [0.5, 0.6) is 5.75 Å². The smallest absolute Gasteiger partial charge is 0.211 e. The third-order valence-corrected chi connectivity index (χ3v) is 7.12. The maximum absolute atomic E-state index is 15.0. The Bertz CT molecular complexity index is 1300. The van der Waals surface area contributed by atoms with E-state index in [1.54, 1.807) is 18.5 Å². The molecule has 0 bridgehead atoms. The molecule has 0 amide bonds. The summed E-state index contributed by atoms with van der Waals surface area (Å²) >= 11 is 6.21. The van der Waals surface area contributed by atoms with E-state index in [0.717, 1.165) is 6.26 Å². The fraction of sp³-hybridized carbons (Fsp3) is 0.421. The highest BCUT2D eigenvalue weighted by atomic mass is 35.5. The summed E-state index contributed by atoms with van der Waals surface area (Å²) in [6.07, 6.45) is 2.44. The molecular weight excluding hydrogens is 447 g/mol. The van der Waals surface area contributed by atoms with Gasteiger partial charge in [-0.2, -0.15) is 9.40 Å².